The van der Waals surface area contributed by atoms with Gasteiger partial charge in [-0.1, -0.05) is 18.2 Å². The lowest BCUT2D eigenvalue weighted by molar-refractivity contribution is -0.00920. The number of hydrogen-bond acceptors (Lipinski definition) is 4. The number of allylic oxidation sites excluding steroid dienone is 3. The van der Waals surface area contributed by atoms with Crippen molar-refractivity contribution in [1.82, 2.24) is 4.90 Å². The Kier molecular flexibility index (Phi) is 3.77. The molecule has 1 aliphatic heterocycles. The maximum absolute atomic E-state index is 9.30. The second-order valence-electron chi connectivity index (χ2n) is 4.02. The summed E-state index contributed by atoms with van der Waals surface area (Å²) in [6, 6.07) is 0.0229. The summed E-state index contributed by atoms with van der Waals surface area (Å²) in [5.41, 5.74) is 6.88. The number of aliphatic hydroxyl groups excluding tert-OH is 1. The summed E-state index contributed by atoms with van der Waals surface area (Å²) in [7, 11) is 0. The predicted octanol–water partition coefficient (Wildman–Crippen LogP) is 0.0167. The van der Waals surface area contributed by atoms with Gasteiger partial charge in [-0.25, -0.2) is 0 Å². The van der Waals surface area contributed by atoms with E-state index < -0.39 is 0 Å². The summed E-state index contributed by atoms with van der Waals surface area (Å²) in [6.45, 7) is 2.21. The zero-order valence-corrected chi connectivity index (χ0v) is 9.25. The van der Waals surface area contributed by atoms with Gasteiger partial charge in [0.05, 0.1) is 25.9 Å². The van der Waals surface area contributed by atoms with E-state index in [0.29, 0.717) is 13.2 Å². The summed E-state index contributed by atoms with van der Waals surface area (Å²) in [5, 5.41) is 9.30. The first-order valence-corrected chi connectivity index (χ1v) is 5.59. The van der Waals surface area contributed by atoms with Crippen LogP contribution in [0.25, 0.3) is 0 Å². The molecule has 0 aromatic rings. The number of ether oxygens (including phenoxy) is 1. The highest BCUT2D eigenvalue weighted by molar-refractivity contribution is 5.30. The molecule has 0 spiro atoms. The normalized spacial score (nSPS) is 30.1. The van der Waals surface area contributed by atoms with E-state index in [9.17, 15) is 5.11 Å². The summed E-state index contributed by atoms with van der Waals surface area (Å²) in [4.78, 5) is 2.17. The van der Waals surface area contributed by atoms with Gasteiger partial charge in [0.2, 0.25) is 0 Å². The van der Waals surface area contributed by atoms with E-state index >= 15 is 0 Å². The van der Waals surface area contributed by atoms with Gasteiger partial charge in [-0.05, 0) is 12.2 Å². The fourth-order valence-corrected chi connectivity index (χ4v) is 1.95. The molecule has 0 aromatic heterocycles. The Bertz CT molecular complexity index is 323. The molecule has 0 amide bonds. The number of nitrogens with zero attached hydrogens (tertiary/aromatic N) is 1. The van der Waals surface area contributed by atoms with Gasteiger partial charge >= 0.3 is 0 Å². The highest BCUT2D eigenvalue weighted by Crippen LogP contribution is 2.17. The van der Waals surface area contributed by atoms with Crippen LogP contribution in [0.4, 0.5) is 0 Å². The van der Waals surface area contributed by atoms with E-state index in [1.165, 1.54) is 0 Å². The van der Waals surface area contributed by atoms with Crippen LogP contribution in [-0.4, -0.2) is 48.5 Å². The Balaban J connectivity index is 2.13. The molecule has 0 bridgehead atoms. The largest absolute Gasteiger partial charge is 0.394 e. The molecule has 2 atom stereocenters. The van der Waals surface area contributed by atoms with Gasteiger partial charge < -0.3 is 20.5 Å². The van der Waals surface area contributed by atoms with Gasteiger partial charge in [0.15, 0.2) is 0 Å². The van der Waals surface area contributed by atoms with Crippen molar-refractivity contribution in [2.45, 2.75) is 12.1 Å². The first-order valence-electron chi connectivity index (χ1n) is 5.59. The van der Waals surface area contributed by atoms with Gasteiger partial charge in [0.1, 0.15) is 0 Å². The molecule has 1 saturated heterocycles. The minimum Gasteiger partial charge on any atom is -0.394 e. The third-order valence-corrected chi connectivity index (χ3v) is 2.86. The smallest absolute Gasteiger partial charge is 0.0755 e. The highest BCUT2D eigenvalue weighted by Gasteiger charge is 2.23. The van der Waals surface area contributed by atoms with Crippen molar-refractivity contribution in [3.8, 4) is 0 Å². The Morgan fingerprint density at radius 1 is 1.50 bits per heavy atom. The molecule has 2 aliphatic rings. The molecular weight excluding hydrogens is 204 g/mol. The fraction of sp³-hybridized carbons (Fsp3) is 0.500. The quantitative estimate of drug-likeness (QED) is 0.691. The molecular formula is C12H18N2O2. The molecule has 4 heteroatoms. The second-order valence-corrected chi connectivity index (χ2v) is 4.02. The first kappa shape index (κ1) is 11.4. The van der Waals surface area contributed by atoms with Crippen LogP contribution in [0.3, 0.4) is 0 Å². The maximum Gasteiger partial charge on any atom is 0.0755 e. The lowest BCUT2D eigenvalue weighted by Crippen LogP contribution is -2.46. The average molecular weight is 222 g/mol. The second kappa shape index (κ2) is 5.30. The summed E-state index contributed by atoms with van der Waals surface area (Å²) in [5.74, 6) is 0. The lowest BCUT2D eigenvalue weighted by Gasteiger charge is -2.36. The first-order chi connectivity index (χ1) is 7.81. The van der Waals surface area contributed by atoms with E-state index in [0.717, 1.165) is 12.2 Å². The Morgan fingerprint density at radius 3 is 3.19 bits per heavy atom. The number of morpholine rings is 1. The fourth-order valence-electron chi connectivity index (χ4n) is 1.95. The molecule has 0 saturated carbocycles. The van der Waals surface area contributed by atoms with E-state index in [1.54, 1.807) is 0 Å². The van der Waals surface area contributed by atoms with E-state index in [-0.39, 0.29) is 18.7 Å². The standard InChI is InChI=1S/C12H18N2O2/c13-10-2-1-3-11(5-4-10)14-6-7-16-9-12(14)8-15/h1-5,10,12,15H,6-9,13H2. The molecule has 16 heavy (non-hydrogen) atoms. The third-order valence-electron chi connectivity index (χ3n) is 2.86. The van der Waals surface area contributed by atoms with Gasteiger partial charge in [-0.3, -0.25) is 0 Å². The Morgan fingerprint density at radius 2 is 2.38 bits per heavy atom. The van der Waals surface area contributed by atoms with Crippen molar-refractivity contribution in [3.63, 3.8) is 0 Å². The van der Waals surface area contributed by atoms with Gasteiger partial charge in [0.25, 0.3) is 0 Å². The molecule has 1 heterocycles. The molecule has 3 N–H and O–H groups in total. The number of hydrogen-bond donors (Lipinski definition) is 2. The van der Waals surface area contributed by atoms with Crippen LogP contribution in [-0.2, 0) is 4.74 Å². The van der Waals surface area contributed by atoms with Crippen LogP contribution >= 0.6 is 0 Å². The Hall–Kier alpha value is -1.10. The van der Waals surface area contributed by atoms with Crippen molar-refractivity contribution in [2.24, 2.45) is 5.73 Å². The van der Waals surface area contributed by atoms with Crippen molar-refractivity contribution in [3.05, 3.63) is 36.1 Å². The van der Waals surface area contributed by atoms with Crippen LogP contribution in [0.5, 0.6) is 0 Å². The maximum atomic E-state index is 9.30. The lowest BCUT2D eigenvalue weighted by atomic mass is 10.2. The van der Waals surface area contributed by atoms with Crippen molar-refractivity contribution >= 4 is 0 Å². The van der Waals surface area contributed by atoms with Crippen LogP contribution in [0.15, 0.2) is 36.1 Å². The molecule has 1 fully saturated rings. The minimum absolute atomic E-state index is 0.0256. The van der Waals surface area contributed by atoms with Crippen LogP contribution < -0.4 is 5.73 Å². The third kappa shape index (κ3) is 2.52. The Labute approximate surface area is 95.7 Å². The summed E-state index contributed by atoms with van der Waals surface area (Å²) in [6.07, 6.45) is 9.90. The molecule has 2 unspecified atom stereocenters. The average Bonchev–Trinajstić information content (AvgIpc) is 2.54. The summed E-state index contributed by atoms with van der Waals surface area (Å²) < 4.78 is 5.35. The zero-order valence-electron chi connectivity index (χ0n) is 9.25. The molecule has 2 rings (SSSR count). The molecule has 1 aliphatic carbocycles. The number of nitrogens with two attached hydrogens (primary N) is 1. The van der Waals surface area contributed by atoms with Crippen LogP contribution in [0, 0.1) is 0 Å². The molecule has 88 valence electrons. The highest BCUT2D eigenvalue weighted by atomic mass is 16.5. The zero-order chi connectivity index (χ0) is 11.4. The number of aliphatic hydroxyl groups is 1. The monoisotopic (exact) mass is 222 g/mol. The van der Waals surface area contributed by atoms with Gasteiger partial charge in [-0.2, -0.15) is 0 Å². The molecule has 4 nitrogen and oxygen atoms in total. The summed E-state index contributed by atoms with van der Waals surface area (Å²) >= 11 is 0. The molecule has 0 aromatic carbocycles. The van der Waals surface area contributed by atoms with Crippen molar-refractivity contribution in [2.75, 3.05) is 26.4 Å². The van der Waals surface area contributed by atoms with Crippen molar-refractivity contribution in [1.29, 1.82) is 0 Å². The SMILES string of the molecule is NC1C=CC=C(N2CCOCC2CO)C=C1. The van der Waals surface area contributed by atoms with Crippen molar-refractivity contribution < 1.29 is 9.84 Å². The van der Waals surface area contributed by atoms with E-state index in [1.807, 2.05) is 30.4 Å². The van der Waals surface area contributed by atoms with Crippen LogP contribution in [0.1, 0.15) is 0 Å². The number of rotatable bonds is 2. The topological polar surface area (TPSA) is 58.7 Å². The predicted molar refractivity (Wildman–Crippen MR) is 62.7 cm³/mol. The van der Waals surface area contributed by atoms with E-state index in [2.05, 4.69) is 4.90 Å². The van der Waals surface area contributed by atoms with E-state index in [4.69, 9.17) is 10.5 Å². The molecule has 0 radical (unpaired) electrons. The van der Waals surface area contributed by atoms with Gasteiger partial charge in [-0.15, -0.1) is 0 Å². The minimum atomic E-state index is -0.0256. The van der Waals surface area contributed by atoms with Crippen LogP contribution in [0.2, 0.25) is 0 Å². The van der Waals surface area contributed by atoms with Gasteiger partial charge in [0, 0.05) is 18.3 Å².